The molecule has 1 aliphatic rings. The fourth-order valence-electron chi connectivity index (χ4n) is 2.31. The predicted molar refractivity (Wildman–Crippen MR) is 89.2 cm³/mol. The Balaban J connectivity index is 1.73. The molecule has 2 heterocycles. The van der Waals surface area contributed by atoms with E-state index in [4.69, 9.17) is 32.8 Å². The number of rotatable bonds is 7. The van der Waals surface area contributed by atoms with Crippen LogP contribution in [0.4, 0.5) is 0 Å². The molecule has 0 N–H and O–H groups in total. The van der Waals surface area contributed by atoms with Gasteiger partial charge >= 0.3 is 5.97 Å². The Kier molecular flexibility index (Phi) is 5.64. The Hall–Kier alpha value is -3.43. The number of carbonyl (C=O) groups is 1. The lowest BCUT2D eigenvalue weighted by Crippen LogP contribution is -2.17. The van der Waals surface area contributed by atoms with Crippen molar-refractivity contribution in [3.63, 3.8) is 0 Å². The van der Waals surface area contributed by atoms with Crippen molar-refractivity contribution < 1.29 is 37.6 Å². The van der Waals surface area contributed by atoms with E-state index in [1.165, 1.54) is 27.6 Å². The number of methoxy groups -OCH3 is 3. The number of nitrogens with zero attached hydrogens (tertiary/aromatic N) is 2. The van der Waals surface area contributed by atoms with E-state index in [0.717, 1.165) is 0 Å². The molecule has 1 aromatic heterocycles. The zero-order valence-corrected chi connectivity index (χ0v) is 15.0. The molecular weight excluding hydrogens is 360 g/mol. The van der Waals surface area contributed by atoms with Crippen LogP contribution in [0.25, 0.3) is 11.5 Å². The third-order valence-electron chi connectivity index (χ3n) is 3.56. The number of benzene rings is 1. The molecule has 0 atom stereocenters. The van der Waals surface area contributed by atoms with Crippen molar-refractivity contribution >= 4 is 5.97 Å². The predicted octanol–water partition coefficient (Wildman–Crippen LogP) is 1.69. The Morgan fingerprint density at radius 2 is 1.81 bits per heavy atom. The summed E-state index contributed by atoms with van der Waals surface area (Å²) in [4.78, 5) is 11.9. The molecule has 144 valence electrons. The van der Waals surface area contributed by atoms with E-state index in [1.807, 2.05) is 0 Å². The zero-order chi connectivity index (χ0) is 19.2. The van der Waals surface area contributed by atoms with Gasteiger partial charge in [-0.3, -0.25) is 0 Å². The van der Waals surface area contributed by atoms with E-state index in [1.54, 1.807) is 12.1 Å². The quantitative estimate of drug-likeness (QED) is 0.660. The highest BCUT2D eigenvalue weighted by Gasteiger charge is 2.20. The minimum Gasteiger partial charge on any atom is -0.493 e. The maximum absolute atomic E-state index is 11.9. The lowest BCUT2D eigenvalue weighted by Gasteiger charge is -2.13. The highest BCUT2D eigenvalue weighted by atomic mass is 16.6. The Labute approximate surface area is 154 Å². The molecule has 0 spiro atoms. The molecular formula is C17H18N2O8. The first-order valence-electron chi connectivity index (χ1n) is 7.90. The minimum atomic E-state index is -0.678. The molecule has 0 fully saturated rings. The SMILES string of the molecule is COc1cc(-c2nnc(COC(=O)C3=COCCO3)o2)cc(OC)c1OC. The van der Waals surface area contributed by atoms with Crippen molar-refractivity contribution in [2.24, 2.45) is 0 Å². The lowest BCUT2D eigenvalue weighted by molar-refractivity contribution is -0.146. The molecule has 0 unspecified atom stereocenters. The number of ether oxygens (including phenoxy) is 6. The van der Waals surface area contributed by atoms with Gasteiger partial charge in [-0.1, -0.05) is 0 Å². The maximum Gasteiger partial charge on any atom is 0.377 e. The summed E-state index contributed by atoms with van der Waals surface area (Å²) in [5, 5.41) is 7.82. The molecule has 0 aliphatic carbocycles. The van der Waals surface area contributed by atoms with Crippen molar-refractivity contribution in [2.75, 3.05) is 34.5 Å². The van der Waals surface area contributed by atoms with E-state index < -0.39 is 5.97 Å². The molecule has 0 bridgehead atoms. The van der Waals surface area contributed by atoms with Crippen LogP contribution in [-0.2, 0) is 25.6 Å². The topological polar surface area (TPSA) is 111 Å². The van der Waals surface area contributed by atoms with Crippen molar-refractivity contribution in [1.29, 1.82) is 0 Å². The lowest BCUT2D eigenvalue weighted by atomic mass is 10.2. The molecule has 0 saturated heterocycles. The molecule has 10 heteroatoms. The van der Waals surface area contributed by atoms with E-state index in [-0.39, 0.29) is 30.8 Å². The summed E-state index contributed by atoms with van der Waals surface area (Å²) in [6, 6.07) is 3.34. The Morgan fingerprint density at radius 3 is 2.41 bits per heavy atom. The second-order valence-corrected chi connectivity index (χ2v) is 5.19. The van der Waals surface area contributed by atoms with E-state index >= 15 is 0 Å². The normalized spacial score (nSPS) is 13.1. The van der Waals surface area contributed by atoms with Crippen LogP contribution in [0.3, 0.4) is 0 Å². The van der Waals surface area contributed by atoms with Gasteiger partial charge in [0.25, 0.3) is 5.89 Å². The van der Waals surface area contributed by atoms with Gasteiger partial charge in [-0.05, 0) is 12.1 Å². The molecule has 1 aliphatic heterocycles. The first kappa shape index (κ1) is 18.4. The summed E-state index contributed by atoms with van der Waals surface area (Å²) in [7, 11) is 4.52. The fourth-order valence-corrected chi connectivity index (χ4v) is 2.31. The molecule has 0 amide bonds. The van der Waals surface area contributed by atoms with Gasteiger partial charge < -0.3 is 32.8 Å². The van der Waals surface area contributed by atoms with Crippen LogP contribution in [0.1, 0.15) is 5.89 Å². The van der Waals surface area contributed by atoms with Crippen molar-refractivity contribution in [3.8, 4) is 28.7 Å². The summed E-state index contributed by atoms with van der Waals surface area (Å²) in [5.41, 5.74) is 0.557. The van der Waals surface area contributed by atoms with Crippen LogP contribution in [0.2, 0.25) is 0 Å². The number of carbonyl (C=O) groups excluding carboxylic acids is 1. The average Bonchev–Trinajstić information content (AvgIpc) is 3.20. The van der Waals surface area contributed by atoms with Gasteiger partial charge in [0.05, 0.1) is 21.3 Å². The van der Waals surface area contributed by atoms with E-state index in [2.05, 4.69) is 10.2 Å². The first-order chi connectivity index (χ1) is 13.2. The highest BCUT2D eigenvalue weighted by molar-refractivity contribution is 5.85. The number of hydrogen-bond donors (Lipinski definition) is 0. The van der Waals surface area contributed by atoms with Gasteiger partial charge in [0, 0.05) is 5.56 Å². The van der Waals surface area contributed by atoms with Crippen LogP contribution in [-0.4, -0.2) is 50.7 Å². The molecule has 3 rings (SSSR count). The van der Waals surface area contributed by atoms with E-state index in [9.17, 15) is 4.79 Å². The van der Waals surface area contributed by atoms with E-state index in [0.29, 0.717) is 29.4 Å². The summed E-state index contributed by atoms with van der Waals surface area (Å²) >= 11 is 0. The molecule has 27 heavy (non-hydrogen) atoms. The first-order valence-corrected chi connectivity index (χ1v) is 7.90. The van der Waals surface area contributed by atoms with Crippen LogP contribution in [0.5, 0.6) is 17.2 Å². The number of aromatic nitrogens is 2. The van der Waals surface area contributed by atoms with Gasteiger partial charge in [-0.25, -0.2) is 4.79 Å². The summed E-state index contributed by atoms with van der Waals surface area (Å²) < 4.78 is 36.6. The summed E-state index contributed by atoms with van der Waals surface area (Å²) in [6.07, 6.45) is 1.21. The van der Waals surface area contributed by atoms with Gasteiger partial charge in [0.1, 0.15) is 19.5 Å². The Bertz CT molecular complexity index is 820. The van der Waals surface area contributed by atoms with Gasteiger partial charge in [0.15, 0.2) is 18.1 Å². The fraction of sp³-hybridized carbons (Fsp3) is 0.353. The number of esters is 1. The molecule has 10 nitrogen and oxygen atoms in total. The monoisotopic (exact) mass is 378 g/mol. The van der Waals surface area contributed by atoms with Crippen LogP contribution < -0.4 is 14.2 Å². The van der Waals surface area contributed by atoms with Crippen molar-refractivity contribution in [3.05, 3.63) is 30.0 Å². The third kappa shape index (κ3) is 4.05. The van der Waals surface area contributed by atoms with Crippen LogP contribution in [0, 0.1) is 0 Å². The van der Waals surface area contributed by atoms with Crippen molar-refractivity contribution in [2.45, 2.75) is 6.61 Å². The highest BCUT2D eigenvalue weighted by Crippen LogP contribution is 2.40. The second kappa shape index (κ2) is 8.30. The molecule has 1 aromatic carbocycles. The minimum absolute atomic E-state index is 0.00869. The largest absolute Gasteiger partial charge is 0.493 e. The zero-order valence-electron chi connectivity index (χ0n) is 15.0. The smallest absolute Gasteiger partial charge is 0.377 e. The van der Waals surface area contributed by atoms with Crippen LogP contribution in [0.15, 0.2) is 28.6 Å². The molecule has 0 radical (unpaired) electrons. The standard InChI is InChI=1S/C17H18N2O8/c1-21-11-6-10(7-12(22-2)15(11)23-3)16-19-18-14(27-16)9-26-17(20)13-8-24-4-5-25-13/h6-8H,4-5,9H2,1-3H3. The third-order valence-corrected chi connectivity index (χ3v) is 3.56. The number of hydrogen-bond acceptors (Lipinski definition) is 10. The van der Waals surface area contributed by atoms with Gasteiger partial charge in [-0.15, -0.1) is 10.2 Å². The van der Waals surface area contributed by atoms with Crippen LogP contribution >= 0.6 is 0 Å². The summed E-state index contributed by atoms with van der Waals surface area (Å²) in [6.45, 7) is 0.461. The molecule has 0 saturated carbocycles. The average molecular weight is 378 g/mol. The van der Waals surface area contributed by atoms with Gasteiger partial charge in [-0.2, -0.15) is 0 Å². The second-order valence-electron chi connectivity index (χ2n) is 5.19. The van der Waals surface area contributed by atoms with Crippen molar-refractivity contribution in [1.82, 2.24) is 10.2 Å². The maximum atomic E-state index is 11.9. The Morgan fingerprint density at radius 1 is 1.07 bits per heavy atom. The molecule has 2 aromatic rings. The van der Waals surface area contributed by atoms with Gasteiger partial charge in [0.2, 0.25) is 17.4 Å². The summed E-state index contributed by atoms with van der Waals surface area (Å²) in [5.74, 6) is 0.966.